The second-order valence-electron chi connectivity index (χ2n) is 8.83. The van der Waals surface area contributed by atoms with Gasteiger partial charge < -0.3 is 15.8 Å². The number of aryl methyl sites for hydroxylation is 2. The number of rotatable bonds is 5. The SMILES string of the molecule is C[C@H]1CCc2nc3ccccc3c(C(=O)OCC(=O)Nc3sc4c(c3C(N)=O)CCC4)c2C1. The zero-order chi connectivity index (χ0) is 23.1. The second-order valence-corrected chi connectivity index (χ2v) is 9.93. The van der Waals surface area contributed by atoms with Crippen LogP contribution in [0.25, 0.3) is 10.9 Å². The summed E-state index contributed by atoms with van der Waals surface area (Å²) in [6.07, 6.45) is 5.25. The molecule has 1 aromatic carbocycles. The van der Waals surface area contributed by atoms with Crippen LogP contribution in [0.3, 0.4) is 0 Å². The van der Waals surface area contributed by atoms with Gasteiger partial charge in [-0.1, -0.05) is 25.1 Å². The Balaban J connectivity index is 1.37. The van der Waals surface area contributed by atoms with Gasteiger partial charge in [-0.05, 0) is 61.6 Å². The molecule has 5 rings (SSSR count). The van der Waals surface area contributed by atoms with Crippen LogP contribution in [0, 0.1) is 5.92 Å². The smallest absolute Gasteiger partial charge is 0.339 e. The van der Waals surface area contributed by atoms with E-state index in [4.69, 9.17) is 15.5 Å². The van der Waals surface area contributed by atoms with E-state index in [-0.39, 0.29) is 0 Å². The lowest BCUT2D eigenvalue weighted by Crippen LogP contribution is -2.24. The molecule has 0 radical (unpaired) electrons. The standard InChI is InChI=1S/C25H25N3O4S/c1-13-9-10-18-16(11-13)21(14-5-2-3-7-17(14)27-18)25(31)32-12-20(29)28-24-22(23(26)30)15-6-4-8-19(15)33-24/h2-3,5,7,13H,4,6,8-12H2,1H3,(H2,26,30)(H,28,29)/t13-/m0/s1. The average molecular weight is 464 g/mol. The van der Waals surface area contributed by atoms with Crippen molar-refractivity contribution in [3.8, 4) is 0 Å². The van der Waals surface area contributed by atoms with Crippen LogP contribution in [0.4, 0.5) is 5.00 Å². The van der Waals surface area contributed by atoms with Gasteiger partial charge in [0.2, 0.25) is 0 Å². The number of nitrogens with zero attached hydrogens (tertiary/aromatic N) is 1. The van der Waals surface area contributed by atoms with E-state index >= 15 is 0 Å². The van der Waals surface area contributed by atoms with Gasteiger partial charge in [0.1, 0.15) is 5.00 Å². The van der Waals surface area contributed by atoms with Gasteiger partial charge in [0.15, 0.2) is 6.61 Å². The maximum atomic E-state index is 13.2. The zero-order valence-electron chi connectivity index (χ0n) is 18.4. The van der Waals surface area contributed by atoms with Crippen molar-refractivity contribution >= 4 is 45.0 Å². The van der Waals surface area contributed by atoms with Crippen LogP contribution in [0.2, 0.25) is 0 Å². The Hall–Kier alpha value is -3.26. The van der Waals surface area contributed by atoms with E-state index in [0.717, 1.165) is 71.1 Å². The molecule has 0 unspecified atom stereocenters. The lowest BCUT2D eigenvalue weighted by molar-refractivity contribution is -0.119. The molecule has 170 valence electrons. The van der Waals surface area contributed by atoms with Crippen LogP contribution in [0.15, 0.2) is 24.3 Å². The fourth-order valence-corrected chi connectivity index (χ4v) is 6.23. The Morgan fingerprint density at radius 1 is 1.15 bits per heavy atom. The number of para-hydroxylation sites is 1. The summed E-state index contributed by atoms with van der Waals surface area (Å²) in [6.45, 7) is 1.72. The van der Waals surface area contributed by atoms with Gasteiger partial charge in [-0.25, -0.2) is 4.79 Å². The van der Waals surface area contributed by atoms with E-state index in [9.17, 15) is 14.4 Å². The molecule has 2 aliphatic rings. The van der Waals surface area contributed by atoms with Crippen molar-refractivity contribution in [2.75, 3.05) is 11.9 Å². The third kappa shape index (κ3) is 3.99. The van der Waals surface area contributed by atoms with E-state index in [1.54, 1.807) is 0 Å². The van der Waals surface area contributed by atoms with Crippen LogP contribution >= 0.6 is 11.3 Å². The van der Waals surface area contributed by atoms with Crippen molar-refractivity contribution in [1.29, 1.82) is 0 Å². The number of fused-ring (bicyclic) bond motifs is 3. The van der Waals surface area contributed by atoms with Gasteiger partial charge >= 0.3 is 5.97 Å². The lowest BCUT2D eigenvalue weighted by Gasteiger charge is -2.24. The first-order valence-corrected chi connectivity index (χ1v) is 12.1. The first-order valence-electron chi connectivity index (χ1n) is 11.2. The maximum Gasteiger partial charge on any atom is 0.339 e. The molecule has 2 amide bonds. The number of aromatic nitrogens is 1. The Labute approximate surface area is 195 Å². The second kappa shape index (κ2) is 8.59. The van der Waals surface area contributed by atoms with Gasteiger partial charge in [0.05, 0.1) is 16.6 Å². The first-order chi connectivity index (χ1) is 15.9. The summed E-state index contributed by atoms with van der Waals surface area (Å²) in [7, 11) is 0. The molecule has 0 bridgehead atoms. The predicted molar refractivity (Wildman–Crippen MR) is 127 cm³/mol. The van der Waals surface area contributed by atoms with Gasteiger partial charge in [0, 0.05) is 16.0 Å². The molecule has 3 N–H and O–H groups in total. The molecule has 0 saturated carbocycles. The number of benzene rings is 1. The number of thiophene rings is 1. The Bertz CT molecular complexity index is 1300. The number of pyridine rings is 1. The normalized spacial score (nSPS) is 16.8. The molecule has 7 nitrogen and oxygen atoms in total. The number of anilines is 1. The number of amides is 2. The van der Waals surface area contributed by atoms with Crippen LogP contribution < -0.4 is 11.1 Å². The summed E-state index contributed by atoms with van der Waals surface area (Å²) < 4.78 is 5.46. The summed E-state index contributed by atoms with van der Waals surface area (Å²) >= 11 is 1.38. The minimum absolute atomic E-state index is 0.385. The number of nitrogens with two attached hydrogens (primary N) is 1. The van der Waals surface area contributed by atoms with Gasteiger partial charge in [-0.3, -0.25) is 14.6 Å². The highest BCUT2D eigenvalue weighted by Crippen LogP contribution is 2.39. The molecular weight excluding hydrogens is 438 g/mol. The minimum Gasteiger partial charge on any atom is -0.452 e. The zero-order valence-corrected chi connectivity index (χ0v) is 19.2. The highest BCUT2D eigenvalue weighted by Gasteiger charge is 2.28. The third-order valence-corrected chi connectivity index (χ3v) is 7.67. The van der Waals surface area contributed by atoms with Crippen molar-refractivity contribution in [1.82, 2.24) is 4.98 Å². The van der Waals surface area contributed by atoms with E-state index in [1.807, 2.05) is 24.3 Å². The molecule has 0 spiro atoms. The van der Waals surface area contributed by atoms with Crippen LogP contribution in [-0.4, -0.2) is 29.4 Å². The van der Waals surface area contributed by atoms with Crippen molar-refractivity contribution in [2.45, 2.75) is 45.4 Å². The van der Waals surface area contributed by atoms with Gasteiger partial charge in [0.25, 0.3) is 11.8 Å². The van der Waals surface area contributed by atoms with Gasteiger partial charge in [-0.15, -0.1) is 11.3 Å². The van der Waals surface area contributed by atoms with Crippen LogP contribution in [0.5, 0.6) is 0 Å². The summed E-state index contributed by atoms with van der Waals surface area (Å²) in [5.74, 6) is -1.13. The topological polar surface area (TPSA) is 111 Å². The number of hydrogen-bond acceptors (Lipinski definition) is 6. The number of primary amides is 1. The fraction of sp³-hybridized carbons (Fsp3) is 0.360. The molecule has 8 heteroatoms. The molecule has 3 aromatic rings. The monoisotopic (exact) mass is 463 g/mol. The van der Waals surface area contributed by atoms with E-state index in [2.05, 4.69) is 12.2 Å². The Morgan fingerprint density at radius 2 is 1.97 bits per heavy atom. The summed E-state index contributed by atoms with van der Waals surface area (Å²) in [5, 5.41) is 3.90. The average Bonchev–Trinajstić information content (AvgIpc) is 3.36. The molecule has 2 aliphatic carbocycles. The van der Waals surface area contributed by atoms with E-state index in [0.29, 0.717) is 22.0 Å². The Kier molecular flexibility index (Phi) is 5.62. The van der Waals surface area contributed by atoms with Crippen molar-refractivity contribution < 1.29 is 19.1 Å². The number of ether oxygens (including phenoxy) is 1. The number of hydrogen-bond donors (Lipinski definition) is 2. The lowest BCUT2D eigenvalue weighted by atomic mass is 9.84. The number of esters is 1. The fourth-order valence-electron chi connectivity index (χ4n) is 4.91. The molecule has 33 heavy (non-hydrogen) atoms. The predicted octanol–water partition coefficient (Wildman–Crippen LogP) is 3.80. The van der Waals surface area contributed by atoms with Crippen molar-refractivity contribution in [3.05, 3.63) is 57.1 Å². The van der Waals surface area contributed by atoms with E-state index < -0.39 is 24.4 Å². The highest BCUT2D eigenvalue weighted by molar-refractivity contribution is 7.17. The summed E-state index contributed by atoms with van der Waals surface area (Å²) in [5.41, 5.74) is 9.99. The molecule has 0 aliphatic heterocycles. The van der Waals surface area contributed by atoms with Crippen LogP contribution in [-0.2, 0) is 35.2 Å². The molecule has 2 aromatic heterocycles. The van der Waals surface area contributed by atoms with Gasteiger partial charge in [-0.2, -0.15) is 0 Å². The van der Waals surface area contributed by atoms with E-state index in [1.165, 1.54) is 11.3 Å². The summed E-state index contributed by atoms with van der Waals surface area (Å²) in [6, 6.07) is 7.52. The molecule has 2 heterocycles. The van der Waals surface area contributed by atoms with Crippen molar-refractivity contribution in [2.24, 2.45) is 11.7 Å². The summed E-state index contributed by atoms with van der Waals surface area (Å²) in [4.78, 5) is 43.6. The quantitative estimate of drug-likeness (QED) is 0.559. The first kappa shape index (κ1) is 21.6. The number of carbonyl (C=O) groups is 3. The minimum atomic E-state index is -0.550. The number of carbonyl (C=O) groups excluding carboxylic acids is 3. The molecule has 1 atom stereocenters. The maximum absolute atomic E-state index is 13.2. The Morgan fingerprint density at radius 3 is 2.79 bits per heavy atom. The third-order valence-electron chi connectivity index (χ3n) is 6.46. The molecule has 0 saturated heterocycles. The molecule has 0 fully saturated rings. The van der Waals surface area contributed by atoms with Crippen LogP contribution in [0.1, 0.15) is 62.2 Å². The molecular formula is C25H25N3O4S. The largest absolute Gasteiger partial charge is 0.452 e. The van der Waals surface area contributed by atoms with Crippen molar-refractivity contribution in [3.63, 3.8) is 0 Å². The highest BCUT2D eigenvalue weighted by atomic mass is 32.1. The number of nitrogens with one attached hydrogen (secondary N) is 1.